The summed E-state index contributed by atoms with van der Waals surface area (Å²) >= 11 is 6.14. The zero-order valence-corrected chi connectivity index (χ0v) is 15.2. The number of carbonyl (C=O) groups is 1. The van der Waals surface area contributed by atoms with Crippen LogP contribution in [0, 0.1) is 0 Å². The van der Waals surface area contributed by atoms with Gasteiger partial charge in [0, 0.05) is 16.5 Å². The number of carbonyl (C=O) groups excluding carboxylic acids is 1. The van der Waals surface area contributed by atoms with Gasteiger partial charge >= 0.3 is 5.97 Å². The van der Waals surface area contributed by atoms with Gasteiger partial charge in [-0.25, -0.2) is 9.78 Å². The van der Waals surface area contributed by atoms with Crippen molar-refractivity contribution < 1.29 is 19.0 Å². The van der Waals surface area contributed by atoms with Gasteiger partial charge in [-0.1, -0.05) is 17.7 Å². The van der Waals surface area contributed by atoms with Crippen LogP contribution >= 0.6 is 11.6 Å². The van der Waals surface area contributed by atoms with Crippen molar-refractivity contribution in [2.24, 2.45) is 0 Å². The monoisotopic (exact) mass is 371 g/mol. The van der Waals surface area contributed by atoms with E-state index in [2.05, 4.69) is 4.98 Å². The summed E-state index contributed by atoms with van der Waals surface area (Å²) in [6.45, 7) is 3.72. The predicted octanol–water partition coefficient (Wildman–Crippen LogP) is 5.01. The van der Waals surface area contributed by atoms with E-state index in [1.807, 2.05) is 24.3 Å². The van der Waals surface area contributed by atoms with Gasteiger partial charge in [0.1, 0.15) is 11.5 Å². The van der Waals surface area contributed by atoms with E-state index in [0.717, 1.165) is 10.9 Å². The highest BCUT2D eigenvalue weighted by Gasteiger charge is 2.15. The van der Waals surface area contributed by atoms with Gasteiger partial charge in [-0.15, -0.1) is 0 Å². The molecule has 0 bridgehead atoms. The van der Waals surface area contributed by atoms with Crippen LogP contribution in [-0.4, -0.2) is 23.7 Å². The van der Waals surface area contributed by atoms with Crippen LogP contribution in [0.3, 0.4) is 0 Å². The number of esters is 1. The molecule has 26 heavy (non-hydrogen) atoms. The minimum absolute atomic E-state index is 0.323. The molecule has 0 fully saturated rings. The van der Waals surface area contributed by atoms with E-state index in [1.165, 1.54) is 0 Å². The molecule has 5 nitrogen and oxygen atoms in total. The van der Waals surface area contributed by atoms with Crippen molar-refractivity contribution in [2.45, 2.75) is 20.0 Å². The Morgan fingerprint density at radius 1 is 1.08 bits per heavy atom. The second kappa shape index (κ2) is 8.06. The topological polar surface area (TPSA) is 57.7 Å². The van der Waals surface area contributed by atoms with Crippen molar-refractivity contribution in [3.05, 3.63) is 59.6 Å². The molecule has 1 atom stereocenters. The smallest absolute Gasteiger partial charge is 0.347 e. The molecule has 3 aromatic rings. The summed E-state index contributed by atoms with van der Waals surface area (Å²) in [5.41, 5.74) is 0.762. The number of nitrogens with zero attached hydrogens (tertiary/aromatic N) is 1. The van der Waals surface area contributed by atoms with Crippen LogP contribution in [0.2, 0.25) is 5.02 Å². The molecule has 134 valence electrons. The molecule has 1 aromatic heterocycles. The second-order valence-corrected chi connectivity index (χ2v) is 5.95. The van der Waals surface area contributed by atoms with Gasteiger partial charge in [-0.3, -0.25) is 0 Å². The van der Waals surface area contributed by atoms with Gasteiger partial charge < -0.3 is 14.2 Å². The highest BCUT2D eigenvalue weighted by Crippen LogP contribution is 2.27. The summed E-state index contributed by atoms with van der Waals surface area (Å²) in [7, 11) is 0. The zero-order valence-electron chi connectivity index (χ0n) is 14.4. The molecule has 1 unspecified atom stereocenters. The third-order valence-electron chi connectivity index (χ3n) is 3.63. The van der Waals surface area contributed by atoms with E-state index in [9.17, 15) is 4.79 Å². The maximum absolute atomic E-state index is 11.6. The Kier molecular flexibility index (Phi) is 5.58. The van der Waals surface area contributed by atoms with Crippen LogP contribution in [0.5, 0.6) is 17.4 Å². The number of hydrogen-bond donors (Lipinski definition) is 0. The molecule has 2 aromatic carbocycles. The lowest BCUT2D eigenvalue weighted by Gasteiger charge is -2.13. The van der Waals surface area contributed by atoms with Gasteiger partial charge in [0.05, 0.1) is 12.1 Å². The van der Waals surface area contributed by atoms with Crippen LogP contribution in [0.1, 0.15) is 13.8 Å². The van der Waals surface area contributed by atoms with Crippen LogP contribution in [-0.2, 0) is 9.53 Å². The average molecular weight is 372 g/mol. The Morgan fingerprint density at radius 2 is 1.81 bits per heavy atom. The van der Waals surface area contributed by atoms with Crippen LogP contribution in [0.4, 0.5) is 0 Å². The lowest BCUT2D eigenvalue weighted by atomic mass is 10.2. The van der Waals surface area contributed by atoms with Gasteiger partial charge in [-0.05, 0) is 56.3 Å². The van der Waals surface area contributed by atoms with Crippen molar-refractivity contribution in [3.8, 4) is 17.4 Å². The molecule has 0 saturated heterocycles. The van der Waals surface area contributed by atoms with Crippen molar-refractivity contribution in [2.75, 3.05) is 6.61 Å². The van der Waals surface area contributed by atoms with Gasteiger partial charge in [-0.2, -0.15) is 0 Å². The Hall–Kier alpha value is -2.79. The van der Waals surface area contributed by atoms with Crippen LogP contribution in [0.25, 0.3) is 10.9 Å². The number of aromatic nitrogens is 1. The van der Waals surface area contributed by atoms with Crippen molar-refractivity contribution in [1.29, 1.82) is 0 Å². The number of hydrogen-bond acceptors (Lipinski definition) is 5. The van der Waals surface area contributed by atoms with E-state index < -0.39 is 12.1 Å². The summed E-state index contributed by atoms with van der Waals surface area (Å²) in [6, 6.07) is 16.1. The van der Waals surface area contributed by atoms with Gasteiger partial charge in [0.15, 0.2) is 6.10 Å². The lowest BCUT2D eigenvalue weighted by Crippen LogP contribution is -2.25. The van der Waals surface area contributed by atoms with E-state index in [1.54, 1.807) is 44.2 Å². The van der Waals surface area contributed by atoms with Crippen LogP contribution in [0.15, 0.2) is 54.6 Å². The molecular formula is C20H18ClNO4. The normalized spacial score (nSPS) is 11.8. The molecule has 6 heteroatoms. The SMILES string of the molecule is CCOC(=O)C(C)Oc1ccc(Oc2ccc3c(Cl)cccc3n2)cc1. The third kappa shape index (κ3) is 4.24. The van der Waals surface area contributed by atoms with E-state index in [4.69, 9.17) is 25.8 Å². The Bertz CT molecular complexity index is 911. The highest BCUT2D eigenvalue weighted by atomic mass is 35.5. The molecule has 0 aliphatic carbocycles. The van der Waals surface area contributed by atoms with Crippen molar-refractivity contribution in [1.82, 2.24) is 4.98 Å². The number of halogens is 1. The maximum Gasteiger partial charge on any atom is 0.347 e. The molecular weight excluding hydrogens is 354 g/mol. The number of pyridine rings is 1. The molecule has 0 spiro atoms. The minimum atomic E-state index is -0.673. The molecule has 0 amide bonds. The largest absolute Gasteiger partial charge is 0.479 e. The molecule has 0 N–H and O–H groups in total. The molecule has 0 aliphatic rings. The molecule has 1 heterocycles. The summed E-state index contributed by atoms with van der Waals surface area (Å²) in [4.78, 5) is 16.0. The standard InChI is InChI=1S/C20H18ClNO4/c1-3-24-20(23)13(2)25-14-7-9-15(10-8-14)26-19-12-11-16-17(21)5-4-6-18(16)22-19/h4-13H,3H2,1-2H3. The Labute approximate surface area is 156 Å². The highest BCUT2D eigenvalue weighted by molar-refractivity contribution is 6.35. The van der Waals surface area contributed by atoms with Gasteiger partial charge in [0.2, 0.25) is 5.88 Å². The van der Waals surface area contributed by atoms with E-state index in [0.29, 0.717) is 29.0 Å². The molecule has 0 radical (unpaired) electrons. The van der Waals surface area contributed by atoms with Crippen LogP contribution < -0.4 is 9.47 Å². The first-order valence-electron chi connectivity index (χ1n) is 8.23. The third-order valence-corrected chi connectivity index (χ3v) is 3.96. The summed E-state index contributed by atoms with van der Waals surface area (Å²) in [6.07, 6.45) is -0.673. The summed E-state index contributed by atoms with van der Waals surface area (Å²) in [5.74, 6) is 1.23. The lowest BCUT2D eigenvalue weighted by molar-refractivity contribution is -0.150. The first-order chi connectivity index (χ1) is 12.6. The summed E-state index contributed by atoms with van der Waals surface area (Å²) < 4.78 is 16.2. The first kappa shape index (κ1) is 18.0. The Morgan fingerprint density at radius 3 is 2.54 bits per heavy atom. The molecule has 0 saturated carbocycles. The quantitative estimate of drug-likeness (QED) is 0.570. The van der Waals surface area contributed by atoms with E-state index >= 15 is 0 Å². The zero-order chi connectivity index (χ0) is 18.5. The predicted molar refractivity (Wildman–Crippen MR) is 100.0 cm³/mol. The molecule has 3 rings (SSSR count). The fourth-order valence-electron chi connectivity index (χ4n) is 2.37. The number of ether oxygens (including phenoxy) is 3. The van der Waals surface area contributed by atoms with Gasteiger partial charge in [0.25, 0.3) is 0 Å². The summed E-state index contributed by atoms with van der Waals surface area (Å²) in [5, 5.41) is 1.52. The van der Waals surface area contributed by atoms with Crippen molar-refractivity contribution in [3.63, 3.8) is 0 Å². The van der Waals surface area contributed by atoms with E-state index in [-0.39, 0.29) is 0 Å². The minimum Gasteiger partial charge on any atom is -0.479 e. The van der Waals surface area contributed by atoms with Crippen molar-refractivity contribution >= 4 is 28.5 Å². The number of fused-ring (bicyclic) bond motifs is 1. The maximum atomic E-state index is 11.6. The molecule has 0 aliphatic heterocycles. The number of benzene rings is 2. The second-order valence-electron chi connectivity index (χ2n) is 5.54. The number of rotatable bonds is 6. The average Bonchev–Trinajstić information content (AvgIpc) is 2.63. The first-order valence-corrected chi connectivity index (χ1v) is 8.61. The fourth-order valence-corrected chi connectivity index (χ4v) is 2.61. The fraction of sp³-hybridized carbons (Fsp3) is 0.200. The Balaban J connectivity index is 1.68.